The fourth-order valence-electron chi connectivity index (χ4n) is 3.12. The van der Waals surface area contributed by atoms with E-state index in [1.54, 1.807) is 36.5 Å². The summed E-state index contributed by atoms with van der Waals surface area (Å²) in [6.45, 7) is 0.402. The predicted octanol–water partition coefficient (Wildman–Crippen LogP) is 3.76. The van der Waals surface area contributed by atoms with Crippen LogP contribution in [0.4, 0.5) is 21.9 Å². The molecule has 0 aliphatic rings. The number of aromatic nitrogens is 2. The van der Waals surface area contributed by atoms with Crippen LogP contribution in [0.3, 0.4) is 0 Å². The topological polar surface area (TPSA) is 105 Å². The van der Waals surface area contributed by atoms with E-state index in [4.69, 9.17) is 5.73 Å². The Labute approximate surface area is 184 Å². The summed E-state index contributed by atoms with van der Waals surface area (Å²) in [4.78, 5) is 25.1. The first-order chi connectivity index (χ1) is 15.6. The normalized spacial score (nSPS) is 10.4. The van der Waals surface area contributed by atoms with Crippen LogP contribution in [0.5, 0.6) is 0 Å². The van der Waals surface area contributed by atoms with Gasteiger partial charge in [-0.15, -0.1) is 0 Å². The minimum Gasteiger partial charge on any atom is -0.326 e. The standard InChI is InChI=1S/C24H22N6O2/c25-17-18-6-4-7-20(16-18)28-30(21-8-2-1-3-9-21)24(32)27-19-11-13-22(14-12-19)29-23(31)10-5-15-26-29/h1-16,28H,17,25H2,(H,27,32). The van der Waals surface area contributed by atoms with Crippen LogP contribution in [0.15, 0.2) is 102 Å². The van der Waals surface area contributed by atoms with Crippen molar-refractivity contribution < 1.29 is 4.79 Å². The van der Waals surface area contributed by atoms with Crippen molar-refractivity contribution in [2.24, 2.45) is 5.73 Å². The van der Waals surface area contributed by atoms with Crippen molar-refractivity contribution in [1.29, 1.82) is 0 Å². The molecule has 0 saturated carbocycles. The van der Waals surface area contributed by atoms with Gasteiger partial charge < -0.3 is 11.1 Å². The molecule has 0 aliphatic carbocycles. The number of benzene rings is 3. The number of anilines is 3. The summed E-state index contributed by atoms with van der Waals surface area (Å²) in [7, 11) is 0. The van der Waals surface area contributed by atoms with Crippen LogP contribution >= 0.6 is 0 Å². The van der Waals surface area contributed by atoms with Crippen molar-refractivity contribution in [3.63, 3.8) is 0 Å². The summed E-state index contributed by atoms with van der Waals surface area (Å²) in [5, 5.41) is 8.36. The van der Waals surface area contributed by atoms with Crippen molar-refractivity contribution in [3.05, 3.63) is 113 Å². The maximum absolute atomic E-state index is 13.1. The van der Waals surface area contributed by atoms with Crippen molar-refractivity contribution in [2.75, 3.05) is 15.8 Å². The Hall–Kier alpha value is -4.43. The average Bonchev–Trinajstić information content (AvgIpc) is 2.84. The van der Waals surface area contributed by atoms with Crippen molar-refractivity contribution >= 4 is 23.1 Å². The van der Waals surface area contributed by atoms with Gasteiger partial charge in [0, 0.05) is 24.5 Å². The van der Waals surface area contributed by atoms with E-state index in [0.29, 0.717) is 23.6 Å². The summed E-state index contributed by atoms with van der Waals surface area (Å²) >= 11 is 0. The van der Waals surface area contributed by atoms with E-state index in [-0.39, 0.29) is 11.6 Å². The Kier molecular flexibility index (Phi) is 6.24. The van der Waals surface area contributed by atoms with Gasteiger partial charge >= 0.3 is 6.03 Å². The van der Waals surface area contributed by atoms with E-state index in [1.807, 2.05) is 54.6 Å². The monoisotopic (exact) mass is 426 g/mol. The highest BCUT2D eigenvalue weighted by molar-refractivity contribution is 6.03. The quantitative estimate of drug-likeness (QED) is 0.407. The first kappa shape index (κ1) is 20.8. The smallest absolute Gasteiger partial charge is 0.326 e. The lowest BCUT2D eigenvalue weighted by Gasteiger charge is -2.25. The number of para-hydroxylation sites is 1. The molecule has 8 nitrogen and oxygen atoms in total. The molecule has 8 heteroatoms. The van der Waals surface area contributed by atoms with Gasteiger partial charge in [0.05, 0.1) is 17.1 Å². The van der Waals surface area contributed by atoms with Crippen LogP contribution in [0, 0.1) is 0 Å². The summed E-state index contributed by atoms with van der Waals surface area (Å²) in [5.41, 5.74) is 12.2. The summed E-state index contributed by atoms with van der Waals surface area (Å²) < 4.78 is 1.29. The number of carbonyl (C=O) groups excluding carboxylic acids is 1. The summed E-state index contributed by atoms with van der Waals surface area (Å²) in [6.07, 6.45) is 1.54. The molecule has 160 valence electrons. The van der Waals surface area contributed by atoms with Crippen molar-refractivity contribution in [3.8, 4) is 5.69 Å². The number of rotatable bonds is 6. The van der Waals surface area contributed by atoms with Gasteiger partial charge in [0.15, 0.2) is 0 Å². The van der Waals surface area contributed by atoms with E-state index >= 15 is 0 Å². The molecule has 0 bridgehead atoms. The van der Waals surface area contributed by atoms with Crippen LogP contribution in [-0.4, -0.2) is 15.8 Å². The second-order valence-corrected chi connectivity index (χ2v) is 6.94. The number of nitrogens with two attached hydrogens (primary N) is 1. The van der Waals surface area contributed by atoms with Crippen LogP contribution in [0.25, 0.3) is 5.69 Å². The Balaban J connectivity index is 1.56. The molecule has 4 aromatic rings. The Morgan fingerprint density at radius 1 is 0.906 bits per heavy atom. The molecule has 4 rings (SSSR count). The third kappa shape index (κ3) is 4.82. The summed E-state index contributed by atoms with van der Waals surface area (Å²) in [5.74, 6) is 0. The average molecular weight is 426 g/mol. The zero-order chi connectivity index (χ0) is 22.3. The highest BCUT2D eigenvalue weighted by atomic mass is 16.2. The minimum absolute atomic E-state index is 0.233. The second-order valence-electron chi connectivity index (χ2n) is 6.94. The van der Waals surface area contributed by atoms with E-state index in [9.17, 15) is 9.59 Å². The lowest BCUT2D eigenvalue weighted by atomic mass is 10.2. The largest absolute Gasteiger partial charge is 0.345 e. The van der Waals surface area contributed by atoms with Crippen LogP contribution in [-0.2, 0) is 6.54 Å². The van der Waals surface area contributed by atoms with Gasteiger partial charge in [0.1, 0.15) is 0 Å². The molecule has 4 N–H and O–H groups in total. The Morgan fingerprint density at radius 2 is 1.69 bits per heavy atom. The predicted molar refractivity (Wildman–Crippen MR) is 126 cm³/mol. The molecule has 2 amide bonds. The second kappa shape index (κ2) is 9.59. The van der Waals surface area contributed by atoms with Gasteiger partial charge in [-0.2, -0.15) is 9.78 Å². The molecule has 0 saturated heterocycles. The highest BCUT2D eigenvalue weighted by Crippen LogP contribution is 2.19. The molecule has 0 atom stereocenters. The minimum atomic E-state index is -0.378. The fourth-order valence-corrected chi connectivity index (χ4v) is 3.12. The maximum atomic E-state index is 13.1. The molecule has 0 radical (unpaired) electrons. The lowest BCUT2D eigenvalue weighted by Crippen LogP contribution is -2.39. The number of hydrazine groups is 1. The van der Waals surface area contributed by atoms with Gasteiger partial charge in [-0.05, 0) is 60.2 Å². The van der Waals surface area contributed by atoms with E-state index < -0.39 is 0 Å². The van der Waals surface area contributed by atoms with Gasteiger partial charge in [0.2, 0.25) is 0 Å². The molecular weight excluding hydrogens is 404 g/mol. The number of amides is 2. The van der Waals surface area contributed by atoms with Crippen molar-refractivity contribution in [1.82, 2.24) is 9.78 Å². The molecule has 1 heterocycles. The molecule has 32 heavy (non-hydrogen) atoms. The molecule has 0 fully saturated rings. The van der Waals surface area contributed by atoms with Gasteiger partial charge in [-0.1, -0.05) is 30.3 Å². The van der Waals surface area contributed by atoms with E-state index in [0.717, 1.165) is 11.3 Å². The number of nitrogens with zero attached hydrogens (tertiary/aromatic N) is 3. The number of carbonyl (C=O) groups is 1. The van der Waals surface area contributed by atoms with Crippen LogP contribution < -0.4 is 27.0 Å². The zero-order valence-corrected chi connectivity index (χ0v) is 17.2. The van der Waals surface area contributed by atoms with E-state index in [2.05, 4.69) is 15.8 Å². The zero-order valence-electron chi connectivity index (χ0n) is 17.2. The van der Waals surface area contributed by atoms with Gasteiger partial charge in [-0.25, -0.2) is 9.80 Å². The number of hydrogen-bond donors (Lipinski definition) is 3. The number of hydrogen-bond acceptors (Lipinski definition) is 5. The SMILES string of the molecule is NCc1cccc(NN(C(=O)Nc2ccc(-n3ncccc3=O)cc2)c2ccccc2)c1. The number of nitrogens with one attached hydrogen (secondary N) is 2. The lowest BCUT2D eigenvalue weighted by molar-refractivity contribution is 0.258. The van der Waals surface area contributed by atoms with Crippen LogP contribution in [0.2, 0.25) is 0 Å². The maximum Gasteiger partial charge on any atom is 0.345 e. The van der Waals surface area contributed by atoms with E-state index in [1.165, 1.54) is 15.8 Å². The van der Waals surface area contributed by atoms with Crippen LogP contribution in [0.1, 0.15) is 5.56 Å². The third-order valence-electron chi connectivity index (χ3n) is 4.70. The highest BCUT2D eigenvalue weighted by Gasteiger charge is 2.16. The third-order valence-corrected chi connectivity index (χ3v) is 4.70. The molecule has 1 aromatic heterocycles. The first-order valence-electron chi connectivity index (χ1n) is 10.0. The fraction of sp³-hybridized carbons (Fsp3) is 0.0417. The Morgan fingerprint density at radius 3 is 2.41 bits per heavy atom. The van der Waals surface area contributed by atoms with Gasteiger partial charge in [-0.3, -0.25) is 10.2 Å². The molecule has 0 aliphatic heterocycles. The van der Waals surface area contributed by atoms with Crippen molar-refractivity contribution in [2.45, 2.75) is 6.54 Å². The first-order valence-corrected chi connectivity index (χ1v) is 10.0. The molecule has 3 aromatic carbocycles. The Bertz CT molecular complexity index is 1260. The molecule has 0 spiro atoms. The van der Waals surface area contributed by atoms with Gasteiger partial charge in [0.25, 0.3) is 5.56 Å². The summed E-state index contributed by atoms with van der Waals surface area (Å²) in [6, 6.07) is 26.3. The molecular formula is C24H22N6O2. The molecule has 0 unspecified atom stereocenters. The number of urea groups is 1.